The Kier molecular flexibility index (Phi) is 2.94. The molecular weight excluding hydrogens is 200 g/mol. The van der Waals surface area contributed by atoms with E-state index in [-0.39, 0.29) is 12.0 Å². The average Bonchev–Trinajstić information content (AvgIpc) is 2.72. The van der Waals surface area contributed by atoms with Gasteiger partial charge in [-0.2, -0.15) is 0 Å². The molecule has 0 saturated carbocycles. The molecule has 1 unspecified atom stereocenters. The molecule has 16 heavy (non-hydrogen) atoms. The first-order chi connectivity index (χ1) is 7.56. The summed E-state index contributed by atoms with van der Waals surface area (Å²) in [7, 11) is 1.70. The summed E-state index contributed by atoms with van der Waals surface area (Å²) in [6.07, 6.45) is 2.13. The van der Waals surface area contributed by atoms with E-state index in [1.165, 1.54) is 11.1 Å². The molecule has 0 aliphatic heterocycles. The van der Waals surface area contributed by atoms with Gasteiger partial charge in [-0.1, -0.05) is 19.9 Å². The number of methoxy groups -OCH3 is 1. The topological polar surface area (TPSA) is 29.5 Å². The summed E-state index contributed by atoms with van der Waals surface area (Å²) in [5, 5.41) is 9.41. The smallest absolute Gasteiger partial charge is 0.119 e. The van der Waals surface area contributed by atoms with Crippen LogP contribution in [0, 0.1) is 11.3 Å². The Morgan fingerprint density at radius 3 is 2.62 bits per heavy atom. The van der Waals surface area contributed by atoms with Crippen molar-refractivity contribution in [1.82, 2.24) is 0 Å². The van der Waals surface area contributed by atoms with Crippen LogP contribution in [0.4, 0.5) is 0 Å². The molecular formula is C14H20O2. The van der Waals surface area contributed by atoms with Gasteiger partial charge in [-0.05, 0) is 47.4 Å². The zero-order chi connectivity index (χ0) is 11.8. The summed E-state index contributed by atoms with van der Waals surface area (Å²) in [5.74, 6) is 1.47. The first kappa shape index (κ1) is 11.5. The van der Waals surface area contributed by atoms with Gasteiger partial charge in [-0.15, -0.1) is 0 Å². The maximum absolute atomic E-state index is 9.41. The fourth-order valence-corrected chi connectivity index (χ4v) is 2.40. The molecule has 88 valence electrons. The van der Waals surface area contributed by atoms with Gasteiger partial charge in [0.15, 0.2) is 0 Å². The van der Waals surface area contributed by atoms with Crippen molar-refractivity contribution in [2.24, 2.45) is 11.3 Å². The lowest BCUT2D eigenvalue weighted by molar-refractivity contribution is 0.101. The van der Waals surface area contributed by atoms with Crippen LogP contribution in [0.25, 0.3) is 0 Å². The first-order valence-corrected chi connectivity index (χ1v) is 5.83. The lowest BCUT2D eigenvalue weighted by atomic mass is 9.78. The van der Waals surface area contributed by atoms with E-state index in [0.29, 0.717) is 5.92 Å². The highest BCUT2D eigenvalue weighted by atomic mass is 16.5. The van der Waals surface area contributed by atoms with E-state index in [2.05, 4.69) is 26.0 Å². The Morgan fingerprint density at radius 2 is 2.00 bits per heavy atom. The Labute approximate surface area is 97.3 Å². The van der Waals surface area contributed by atoms with E-state index < -0.39 is 0 Å². The van der Waals surface area contributed by atoms with E-state index >= 15 is 0 Å². The van der Waals surface area contributed by atoms with Crippen LogP contribution in [0.15, 0.2) is 18.2 Å². The van der Waals surface area contributed by atoms with Crippen molar-refractivity contribution in [3.8, 4) is 5.75 Å². The molecule has 2 heteroatoms. The molecule has 1 aliphatic rings. The van der Waals surface area contributed by atoms with Crippen LogP contribution >= 0.6 is 0 Å². The van der Waals surface area contributed by atoms with Crippen LogP contribution in [0.5, 0.6) is 5.75 Å². The van der Waals surface area contributed by atoms with Gasteiger partial charge in [-0.3, -0.25) is 0 Å². The molecule has 1 aromatic carbocycles. The average molecular weight is 220 g/mol. The summed E-state index contributed by atoms with van der Waals surface area (Å²) >= 11 is 0. The number of ether oxygens (including phenoxy) is 1. The Hall–Kier alpha value is -1.02. The zero-order valence-electron chi connectivity index (χ0n) is 10.3. The molecule has 2 nitrogen and oxygen atoms in total. The second-order valence-corrected chi connectivity index (χ2v) is 5.39. The van der Waals surface area contributed by atoms with Crippen LogP contribution < -0.4 is 4.74 Å². The number of benzene rings is 1. The van der Waals surface area contributed by atoms with Crippen molar-refractivity contribution in [2.75, 3.05) is 13.7 Å². The molecule has 0 heterocycles. The molecule has 0 bridgehead atoms. The van der Waals surface area contributed by atoms with Crippen LogP contribution in [0.2, 0.25) is 0 Å². The second kappa shape index (κ2) is 4.10. The molecule has 1 atom stereocenters. The monoisotopic (exact) mass is 220 g/mol. The number of aliphatic hydroxyl groups excluding tert-OH is 1. The van der Waals surface area contributed by atoms with Gasteiger partial charge in [0, 0.05) is 6.61 Å². The third-order valence-corrected chi connectivity index (χ3v) is 3.86. The fraction of sp³-hybridized carbons (Fsp3) is 0.571. The van der Waals surface area contributed by atoms with Gasteiger partial charge < -0.3 is 9.84 Å². The lowest BCUT2D eigenvalue weighted by Crippen LogP contribution is -2.28. The molecule has 0 saturated heterocycles. The predicted molar refractivity (Wildman–Crippen MR) is 64.8 cm³/mol. The molecule has 0 aromatic heterocycles. The highest BCUT2D eigenvalue weighted by Gasteiger charge is 2.33. The molecule has 0 amide bonds. The highest BCUT2D eigenvalue weighted by molar-refractivity contribution is 5.39. The van der Waals surface area contributed by atoms with Crippen LogP contribution in [0.3, 0.4) is 0 Å². The maximum atomic E-state index is 9.41. The molecule has 2 rings (SSSR count). The molecule has 0 spiro atoms. The summed E-state index contributed by atoms with van der Waals surface area (Å²) in [6, 6.07) is 6.30. The molecule has 0 fully saturated rings. The maximum Gasteiger partial charge on any atom is 0.119 e. The number of hydrogen-bond donors (Lipinski definition) is 1. The Balaban J connectivity index is 2.21. The van der Waals surface area contributed by atoms with Crippen LogP contribution in [0.1, 0.15) is 25.0 Å². The summed E-state index contributed by atoms with van der Waals surface area (Å²) in [5.41, 5.74) is 2.80. The van der Waals surface area contributed by atoms with E-state index in [9.17, 15) is 5.11 Å². The molecule has 0 radical (unpaired) electrons. The van der Waals surface area contributed by atoms with Crippen molar-refractivity contribution in [3.63, 3.8) is 0 Å². The summed E-state index contributed by atoms with van der Waals surface area (Å²) < 4.78 is 5.24. The number of fused-ring (bicyclic) bond motifs is 1. The number of rotatable bonds is 3. The van der Waals surface area contributed by atoms with Crippen molar-refractivity contribution in [1.29, 1.82) is 0 Å². The minimum Gasteiger partial charge on any atom is -0.497 e. The standard InChI is InChI=1S/C14H20O2/c1-14(2,9-15)12-6-10-4-5-13(16-3)8-11(10)7-12/h4-5,8,12,15H,6-7,9H2,1-3H3. The van der Waals surface area contributed by atoms with E-state index in [4.69, 9.17) is 4.74 Å². The minimum atomic E-state index is 0.00621. The molecule has 1 aromatic rings. The predicted octanol–water partition coefficient (Wildman–Crippen LogP) is 2.43. The van der Waals surface area contributed by atoms with Crippen molar-refractivity contribution in [2.45, 2.75) is 26.7 Å². The van der Waals surface area contributed by atoms with Gasteiger partial charge in [0.1, 0.15) is 5.75 Å². The zero-order valence-corrected chi connectivity index (χ0v) is 10.3. The first-order valence-electron chi connectivity index (χ1n) is 5.83. The third kappa shape index (κ3) is 1.94. The van der Waals surface area contributed by atoms with Gasteiger partial charge in [0.05, 0.1) is 7.11 Å². The third-order valence-electron chi connectivity index (χ3n) is 3.86. The van der Waals surface area contributed by atoms with E-state index in [1.54, 1.807) is 7.11 Å². The second-order valence-electron chi connectivity index (χ2n) is 5.39. The van der Waals surface area contributed by atoms with Crippen molar-refractivity contribution in [3.05, 3.63) is 29.3 Å². The van der Waals surface area contributed by atoms with Crippen molar-refractivity contribution < 1.29 is 9.84 Å². The van der Waals surface area contributed by atoms with Gasteiger partial charge in [-0.25, -0.2) is 0 Å². The van der Waals surface area contributed by atoms with E-state index in [0.717, 1.165) is 18.6 Å². The molecule has 1 aliphatic carbocycles. The van der Waals surface area contributed by atoms with E-state index in [1.807, 2.05) is 6.07 Å². The largest absolute Gasteiger partial charge is 0.497 e. The van der Waals surface area contributed by atoms with Gasteiger partial charge in [0.25, 0.3) is 0 Å². The Morgan fingerprint density at radius 1 is 1.31 bits per heavy atom. The normalized spacial score (nSPS) is 19.6. The summed E-state index contributed by atoms with van der Waals surface area (Å²) in [4.78, 5) is 0. The SMILES string of the molecule is COc1ccc2c(c1)CC(C(C)(C)CO)C2. The minimum absolute atomic E-state index is 0.00621. The fourth-order valence-electron chi connectivity index (χ4n) is 2.40. The Bertz CT molecular complexity index is 382. The van der Waals surface area contributed by atoms with Gasteiger partial charge in [0.2, 0.25) is 0 Å². The highest BCUT2D eigenvalue weighted by Crippen LogP contribution is 2.39. The molecule has 1 N–H and O–H groups in total. The van der Waals surface area contributed by atoms with Crippen LogP contribution in [-0.2, 0) is 12.8 Å². The lowest BCUT2D eigenvalue weighted by Gasteiger charge is -2.29. The summed E-state index contributed by atoms with van der Waals surface area (Å²) in [6.45, 7) is 4.53. The van der Waals surface area contributed by atoms with Crippen LogP contribution in [-0.4, -0.2) is 18.8 Å². The number of hydrogen-bond acceptors (Lipinski definition) is 2. The van der Waals surface area contributed by atoms with Crippen molar-refractivity contribution >= 4 is 0 Å². The van der Waals surface area contributed by atoms with Gasteiger partial charge >= 0.3 is 0 Å². The quantitative estimate of drug-likeness (QED) is 0.847. The number of aliphatic hydroxyl groups is 1.